The van der Waals surface area contributed by atoms with Crippen LogP contribution in [-0.4, -0.2) is 64.2 Å². The highest BCUT2D eigenvalue weighted by Crippen LogP contribution is 2.32. The highest BCUT2D eigenvalue weighted by molar-refractivity contribution is 7.17. The number of likely N-dealkylation sites (tertiary alicyclic amines) is 1. The summed E-state index contributed by atoms with van der Waals surface area (Å²) in [5.74, 6) is 0.121. The molecule has 0 aliphatic carbocycles. The normalized spacial score (nSPS) is 17.6. The highest BCUT2D eigenvalue weighted by Gasteiger charge is 2.34. The number of aromatic nitrogens is 3. The fourth-order valence-corrected chi connectivity index (χ4v) is 4.54. The SMILES string of the molecule is O=C(NC1CCN(c2ncc(F)cn2)CC1)N1CC(Oc2cc(F)cc3ncsc23)C1. The number of carbonyl (C=O) groups excluding carboxylic acids is 1. The van der Waals surface area contributed by atoms with Crippen LogP contribution in [0.25, 0.3) is 10.2 Å². The Labute approximate surface area is 180 Å². The predicted molar refractivity (Wildman–Crippen MR) is 111 cm³/mol. The van der Waals surface area contributed by atoms with E-state index in [0.717, 1.165) is 29.9 Å². The molecule has 0 radical (unpaired) electrons. The minimum absolute atomic E-state index is 0.0594. The monoisotopic (exact) mass is 446 g/mol. The molecule has 8 nitrogen and oxygen atoms in total. The number of amides is 2. The summed E-state index contributed by atoms with van der Waals surface area (Å²) in [5, 5.41) is 3.06. The van der Waals surface area contributed by atoms with Crippen molar-refractivity contribution in [1.82, 2.24) is 25.2 Å². The maximum Gasteiger partial charge on any atom is 0.317 e. The Morgan fingerprint density at radius 3 is 2.58 bits per heavy atom. The zero-order valence-electron chi connectivity index (χ0n) is 16.5. The van der Waals surface area contributed by atoms with Crippen LogP contribution in [0.1, 0.15) is 12.8 Å². The number of hydrogen-bond acceptors (Lipinski definition) is 7. The van der Waals surface area contributed by atoms with Gasteiger partial charge in [0, 0.05) is 31.3 Å². The van der Waals surface area contributed by atoms with E-state index in [-0.39, 0.29) is 24.0 Å². The van der Waals surface area contributed by atoms with Gasteiger partial charge in [-0.15, -0.1) is 11.3 Å². The van der Waals surface area contributed by atoms with Crippen molar-refractivity contribution in [1.29, 1.82) is 0 Å². The molecule has 2 fully saturated rings. The highest BCUT2D eigenvalue weighted by atomic mass is 32.1. The van der Waals surface area contributed by atoms with Crippen molar-refractivity contribution in [2.24, 2.45) is 0 Å². The van der Waals surface area contributed by atoms with E-state index in [1.807, 2.05) is 4.90 Å². The maximum absolute atomic E-state index is 13.7. The van der Waals surface area contributed by atoms with E-state index in [0.29, 0.717) is 43.4 Å². The first-order valence-corrected chi connectivity index (χ1v) is 10.9. The van der Waals surface area contributed by atoms with Crippen molar-refractivity contribution < 1.29 is 18.3 Å². The fourth-order valence-electron chi connectivity index (χ4n) is 3.81. The molecule has 2 aliphatic rings. The van der Waals surface area contributed by atoms with Gasteiger partial charge >= 0.3 is 6.03 Å². The third-order valence-corrected chi connectivity index (χ3v) is 6.36. The summed E-state index contributed by atoms with van der Waals surface area (Å²) in [6, 6.07) is 2.68. The number of benzene rings is 1. The van der Waals surface area contributed by atoms with Gasteiger partial charge in [-0.05, 0) is 12.8 Å². The Morgan fingerprint density at radius 1 is 1.10 bits per heavy atom. The molecule has 2 aliphatic heterocycles. The first-order valence-electron chi connectivity index (χ1n) is 10.0. The second-order valence-corrected chi connectivity index (χ2v) is 8.52. The largest absolute Gasteiger partial charge is 0.485 e. The Morgan fingerprint density at radius 2 is 1.84 bits per heavy atom. The van der Waals surface area contributed by atoms with E-state index in [1.54, 1.807) is 10.4 Å². The van der Waals surface area contributed by atoms with Crippen molar-refractivity contribution in [3.63, 3.8) is 0 Å². The van der Waals surface area contributed by atoms with Gasteiger partial charge in [-0.3, -0.25) is 0 Å². The molecule has 5 rings (SSSR count). The molecule has 0 bridgehead atoms. The van der Waals surface area contributed by atoms with Crippen LogP contribution in [-0.2, 0) is 0 Å². The molecule has 162 valence electrons. The molecule has 11 heteroatoms. The molecule has 1 aromatic carbocycles. The Bertz CT molecular complexity index is 1080. The van der Waals surface area contributed by atoms with Gasteiger partial charge in [-0.1, -0.05) is 0 Å². The fraction of sp³-hybridized carbons (Fsp3) is 0.400. The second-order valence-electron chi connectivity index (χ2n) is 7.66. The molecule has 1 N–H and O–H groups in total. The van der Waals surface area contributed by atoms with Gasteiger partial charge in [-0.25, -0.2) is 28.5 Å². The molecule has 31 heavy (non-hydrogen) atoms. The third kappa shape index (κ3) is 4.22. The number of ether oxygens (including phenoxy) is 1. The van der Waals surface area contributed by atoms with Crippen LogP contribution >= 0.6 is 11.3 Å². The van der Waals surface area contributed by atoms with Crippen LogP contribution in [0.15, 0.2) is 30.0 Å². The van der Waals surface area contributed by atoms with Gasteiger partial charge in [-0.2, -0.15) is 0 Å². The lowest BCUT2D eigenvalue weighted by molar-refractivity contribution is 0.0440. The van der Waals surface area contributed by atoms with E-state index in [1.165, 1.54) is 23.5 Å². The zero-order chi connectivity index (χ0) is 21.4. The summed E-state index contributed by atoms with van der Waals surface area (Å²) >= 11 is 1.40. The molecular formula is C20H20F2N6O2S. The second kappa shape index (κ2) is 8.22. The number of hydrogen-bond donors (Lipinski definition) is 1. The number of fused-ring (bicyclic) bond motifs is 1. The molecule has 0 saturated carbocycles. The van der Waals surface area contributed by atoms with Crippen molar-refractivity contribution in [2.75, 3.05) is 31.1 Å². The average molecular weight is 446 g/mol. The molecule has 0 unspecified atom stereocenters. The molecule has 2 saturated heterocycles. The number of nitrogens with one attached hydrogen (secondary N) is 1. The zero-order valence-corrected chi connectivity index (χ0v) is 17.3. The van der Waals surface area contributed by atoms with E-state index in [9.17, 15) is 13.6 Å². The van der Waals surface area contributed by atoms with Gasteiger partial charge in [0.15, 0.2) is 5.82 Å². The standard InChI is InChI=1S/C20H20F2N6O2S/c21-12-5-16-18(31-11-25-16)17(6-12)30-15-9-28(10-15)20(29)26-14-1-3-27(4-2-14)19-23-7-13(22)8-24-19/h5-8,11,14-15H,1-4,9-10H2,(H,26,29). The topological polar surface area (TPSA) is 83.5 Å². The molecule has 0 spiro atoms. The number of piperidine rings is 1. The molecule has 3 aromatic rings. The number of rotatable bonds is 4. The maximum atomic E-state index is 13.7. The van der Waals surface area contributed by atoms with Crippen LogP contribution in [0, 0.1) is 11.6 Å². The lowest BCUT2D eigenvalue weighted by Crippen LogP contribution is -2.60. The summed E-state index contributed by atoms with van der Waals surface area (Å²) in [4.78, 5) is 28.3. The first-order chi connectivity index (χ1) is 15.0. The lowest BCUT2D eigenvalue weighted by Gasteiger charge is -2.40. The number of halogens is 2. The average Bonchev–Trinajstić information content (AvgIpc) is 3.20. The minimum atomic E-state index is -0.461. The van der Waals surface area contributed by atoms with Gasteiger partial charge < -0.3 is 19.9 Å². The number of anilines is 1. The van der Waals surface area contributed by atoms with Crippen LogP contribution < -0.4 is 15.0 Å². The number of urea groups is 1. The van der Waals surface area contributed by atoms with Gasteiger partial charge in [0.1, 0.15) is 17.7 Å². The van der Waals surface area contributed by atoms with Gasteiger partial charge in [0.2, 0.25) is 5.95 Å². The third-order valence-electron chi connectivity index (χ3n) is 5.50. The summed E-state index contributed by atoms with van der Waals surface area (Å²) in [6.07, 6.45) is 3.65. The summed E-state index contributed by atoms with van der Waals surface area (Å²) < 4.78 is 33.4. The van der Waals surface area contributed by atoms with E-state index >= 15 is 0 Å². The Balaban J connectivity index is 1.09. The van der Waals surface area contributed by atoms with Gasteiger partial charge in [0.25, 0.3) is 0 Å². The van der Waals surface area contributed by atoms with Crippen molar-refractivity contribution in [2.45, 2.75) is 25.0 Å². The minimum Gasteiger partial charge on any atom is -0.485 e. The van der Waals surface area contributed by atoms with Crippen molar-refractivity contribution in [3.05, 3.63) is 41.7 Å². The Hall–Kier alpha value is -3.08. The first kappa shape index (κ1) is 19.9. The summed E-state index contributed by atoms with van der Waals surface area (Å²) in [6.45, 7) is 2.27. The van der Waals surface area contributed by atoms with E-state index < -0.39 is 5.82 Å². The van der Waals surface area contributed by atoms with Crippen LogP contribution in [0.3, 0.4) is 0 Å². The van der Waals surface area contributed by atoms with Crippen LogP contribution in [0.2, 0.25) is 0 Å². The molecule has 2 aromatic heterocycles. The van der Waals surface area contributed by atoms with Gasteiger partial charge in [0.05, 0.1) is 41.2 Å². The smallest absolute Gasteiger partial charge is 0.317 e. The van der Waals surface area contributed by atoms with E-state index in [2.05, 4.69) is 20.3 Å². The molecule has 4 heterocycles. The van der Waals surface area contributed by atoms with E-state index in [4.69, 9.17) is 4.74 Å². The molecule has 0 atom stereocenters. The molecule has 2 amide bonds. The summed E-state index contributed by atoms with van der Waals surface area (Å²) in [5.41, 5.74) is 2.23. The van der Waals surface area contributed by atoms with Crippen LogP contribution in [0.5, 0.6) is 5.75 Å². The number of thiazole rings is 1. The lowest BCUT2D eigenvalue weighted by atomic mass is 10.1. The predicted octanol–water partition coefficient (Wildman–Crippen LogP) is 2.81. The number of nitrogens with zero attached hydrogens (tertiary/aromatic N) is 5. The van der Waals surface area contributed by atoms with Crippen LogP contribution in [0.4, 0.5) is 19.5 Å². The quantitative estimate of drug-likeness (QED) is 0.664. The summed E-state index contributed by atoms with van der Waals surface area (Å²) in [7, 11) is 0. The Kier molecular flexibility index (Phi) is 5.26. The van der Waals surface area contributed by atoms with Crippen molar-refractivity contribution >= 4 is 33.5 Å². The van der Waals surface area contributed by atoms with Crippen molar-refractivity contribution in [3.8, 4) is 5.75 Å². The molecular weight excluding hydrogens is 426 g/mol. The number of carbonyl (C=O) groups is 1.